The van der Waals surface area contributed by atoms with E-state index in [0.717, 1.165) is 44.2 Å². The molecule has 0 N–H and O–H groups in total. The van der Waals surface area contributed by atoms with Crippen LogP contribution in [0.1, 0.15) is 0 Å². The van der Waals surface area contributed by atoms with Crippen molar-refractivity contribution in [2.45, 2.75) is 0 Å². The summed E-state index contributed by atoms with van der Waals surface area (Å²) in [7, 11) is 0. The summed E-state index contributed by atoms with van der Waals surface area (Å²) in [4.78, 5) is 0. The molecule has 0 saturated heterocycles. The van der Waals surface area contributed by atoms with Crippen LogP contribution in [0.3, 0.4) is 0 Å². The minimum absolute atomic E-state index is 0.824. The van der Waals surface area contributed by atoms with Crippen LogP contribution < -0.4 is 0 Å². The third-order valence-electron chi connectivity index (χ3n) is 10.4. The number of hydrogen-bond donors (Lipinski definition) is 0. The van der Waals surface area contributed by atoms with Gasteiger partial charge in [0, 0.05) is 27.8 Å². The zero-order valence-electron chi connectivity index (χ0n) is 27.0. The zero-order valence-corrected chi connectivity index (χ0v) is 27.0. The average Bonchev–Trinajstić information content (AvgIpc) is 3.76. The van der Waals surface area contributed by atoms with Crippen LogP contribution in [0, 0.1) is 0 Å². The van der Waals surface area contributed by atoms with Crippen molar-refractivity contribution in [1.82, 2.24) is 0 Å². The summed E-state index contributed by atoms with van der Waals surface area (Å²) in [6.45, 7) is 0. The van der Waals surface area contributed by atoms with Gasteiger partial charge in [0.25, 0.3) is 0 Å². The minimum Gasteiger partial charge on any atom is -0.456 e. The molecule has 11 rings (SSSR count). The molecule has 0 aliphatic heterocycles. The van der Waals surface area contributed by atoms with Gasteiger partial charge in [-0.2, -0.15) is 0 Å². The minimum atomic E-state index is 0.824. The highest BCUT2D eigenvalue weighted by Crippen LogP contribution is 2.47. The molecule has 2 heterocycles. The molecule has 11 aromatic rings. The Morgan fingerprint density at radius 3 is 1.62 bits per heavy atom. The molecule has 0 saturated carbocycles. The Labute approximate surface area is 287 Å². The fourth-order valence-corrected chi connectivity index (χ4v) is 8.20. The maximum Gasteiger partial charge on any atom is 0.139 e. The molecule has 0 aliphatic carbocycles. The van der Waals surface area contributed by atoms with E-state index < -0.39 is 0 Å². The highest BCUT2D eigenvalue weighted by molar-refractivity contribution is 6.26. The van der Waals surface area contributed by atoms with Gasteiger partial charge in [-0.05, 0) is 95.7 Å². The number of hydrogen-bond acceptors (Lipinski definition) is 2. The molecule has 0 radical (unpaired) electrons. The maximum atomic E-state index is 6.43. The molecule has 0 atom stereocenters. The van der Waals surface area contributed by atoms with Crippen LogP contribution in [0.15, 0.2) is 179 Å². The van der Waals surface area contributed by atoms with Crippen LogP contribution in [-0.2, 0) is 0 Å². The van der Waals surface area contributed by atoms with Crippen LogP contribution in [0.4, 0.5) is 0 Å². The summed E-state index contributed by atoms with van der Waals surface area (Å²) >= 11 is 0. The van der Waals surface area contributed by atoms with Crippen LogP contribution in [-0.4, -0.2) is 0 Å². The van der Waals surface area contributed by atoms with E-state index in [1.54, 1.807) is 0 Å². The first-order valence-electron chi connectivity index (χ1n) is 17.1. The SMILES string of the molecule is c1ccc(-c2cc3cc4c(cc3o2)oc2ccc(-c3c5ccccc5c(-c5cc6ccccc6c6ccccc56)c5ccccc35)cc24)cc1. The van der Waals surface area contributed by atoms with Gasteiger partial charge in [-0.1, -0.05) is 133 Å². The third-order valence-corrected chi connectivity index (χ3v) is 10.4. The fraction of sp³-hybridized carbons (Fsp3) is 0. The third kappa shape index (κ3) is 3.96. The first kappa shape index (κ1) is 27.3. The van der Waals surface area contributed by atoms with E-state index in [9.17, 15) is 0 Å². The molecule has 0 bridgehead atoms. The summed E-state index contributed by atoms with van der Waals surface area (Å²) in [5.41, 5.74) is 8.51. The molecule has 2 heteroatoms. The largest absolute Gasteiger partial charge is 0.456 e. The second-order valence-corrected chi connectivity index (χ2v) is 13.2. The van der Waals surface area contributed by atoms with E-state index in [-0.39, 0.29) is 0 Å². The van der Waals surface area contributed by atoms with E-state index in [0.29, 0.717) is 0 Å². The average molecular weight is 637 g/mol. The molecule has 0 amide bonds. The van der Waals surface area contributed by atoms with Gasteiger partial charge >= 0.3 is 0 Å². The van der Waals surface area contributed by atoms with Gasteiger partial charge in [0.15, 0.2) is 0 Å². The number of benzene rings is 9. The van der Waals surface area contributed by atoms with Crippen molar-refractivity contribution in [3.8, 4) is 33.6 Å². The lowest BCUT2D eigenvalue weighted by Gasteiger charge is -2.19. The van der Waals surface area contributed by atoms with Crippen LogP contribution in [0.2, 0.25) is 0 Å². The Bertz CT molecular complexity index is 3080. The Morgan fingerprint density at radius 2 is 0.880 bits per heavy atom. The first-order valence-corrected chi connectivity index (χ1v) is 17.1. The van der Waals surface area contributed by atoms with Crippen molar-refractivity contribution >= 4 is 76.0 Å². The summed E-state index contributed by atoms with van der Waals surface area (Å²) in [6, 6.07) is 61.0. The second kappa shape index (κ2) is 10.4. The van der Waals surface area contributed by atoms with Crippen LogP contribution >= 0.6 is 0 Å². The highest BCUT2D eigenvalue weighted by Gasteiger charge is 2.20. The summed E-state index contributed by atoms with van der Waals surface area (Å²) in [6.07, 6.45) is 0. The second-order valence-electron chi connectivity index (χ2n) is 13.2. The Kier molecular flexibility index (Phi) is 5.70. The Hall–Kier alpha value is -6.64. The van der Waals surface area contributed by atoms with Crippen LogP contribution in [0.5, 0.6) is 0 Å². The molecular weight excluding hydrogens is 609 g/mol. The van der Waals surface area contributed by atoms with E-state index >= 15 is 0 Å². The molecule has 0 unspecified atom stereocenters. The van der Waals surface area contributed by atoms with Gasteiger partial charge < -0.3 is 8.83 Å². The normalized spacial score (nSPS) is 12.0. The van der Waals surface area contributed by atoms with Gasteiger partial charge in [-0.3, -0.25) is 0 Å². The van der Waals surface area contributed by atoms with Gasteiger partial charge in [0.2, 0.25) is 0 Å². The van der Waals surface area contributed by atoms with Gasteiger partial charge in [-0.25, -0.2) is 0 Å². The topological polar surface area (TPSA) is 26.3 Å². The van der Waals surface area contributed by atoms with Crippen molar-refractivity contribution in [2.24, 2.45) is 0 Å². The van der Waals surface area contributed by atoms with E-state index in [2.05, 4.69) is 146 Å². The van der Waals surface area contributed by atoms with Crippen molar-refractivity contribution in [2.75, 3.05) is 0 Å². The number of rotatable bonds is 3. The van der Waals surface area contributed by atoms with Gasteiger partial charge in [0.1, 0.15) is 22.5 Å². The maximum absolute atomic E-state index is 6.43. The van der Waals surface area contributed by atoms with Gasteiger partial charge in [-0.15, -0.1) is 0 Å². The molecule has 232 valence electrons. The standard InChI is InChI=1S/C48H28O2/c1-2-12-29(13-3-1)44-27-32-26-41-40-25-31(22-23-43(40)49-46(41)28-45(32)50-44)47-36-18-8-10-20-38(36)48(39-21-11-9-19-37(39)47)42-24-30-14-4-5-15-33(30)34-16-6-7-17-35(34)42/h1-28H. The molecule has 50 heavy (non-hydrogen) atoms. The van der Waals surface area contributed by atoms with Crippen molar-refractivity contribution in [1.29, 1.82) is 0 Å². The van der Waals surface area contributed by atoms with Crippen molar-refractivity contribution in [3.63, 3.8) is 0 Å². The summed E-state index contributed by atoms with van der Waals surface area (Å²) in [5.74, 6) is 0.857. The summed E-state index contributed by atoms with van der Waals surface area (Å²) < 4.78 is 12.7. The van der Waals surface area contributed by atoms with Gasteiger partial charge in [0.05, 0.1) is 0 Å². The van der Waals surface area contributed by atoms with E-state index in [4.69, 9.17) is 8.83 Å². The fourth-order valence-electron chi connectivity index (χ4n) is 8.20. The molecular formula is C48H28O2. The zero-order chi connectivity index (χ0) is 32.8. The molecule has 9 aromatic carbocycles. The molecule has 2 aromatic heterocycles. The van der Waals surface area contributed by atoms with E-state index in [1.807, 2.05) is 24.3 Å². The predicted octanol–water partition coefficient (Wildman–Crippen LogP) is 13.9. The number of fused-ring (bicyclic) bond motifs is 9. The molecule has 0 fully saturated rings. The lowest BCUT2D eigenvalue weighted by molar-refractivity contribution is 0.628. The van der Waals surface area contributed by atoms with E-state index in [1.165, 1.54) is 65.3 Å². The molecule has 0 spiro atoms. The highest BCUT2D eigenvalue weighted by atomic mass is 16.3. The predicted molar refractivity (Wildman–Crippen MR) is 210 cm³/mol. The van der Waals surface area contributed by atoms with Crippen LogP contribution in [0.25, 0.3) is 110 Å². The smallest absolute Gasteiger partial charge is 0.139 e. The monoisotopic (exact) mass is 636 g/mol. The first-order chi connectivity index (χ1) is 24.8. The summed E-state index contributed by atoms with van der Waals surface area (Å²) in [5, 5.41) is 13.3. The number of furan rings is 2. The molecule has 2 nitrogen and oxygen atoms in total. The van der Waals surface area contributed by atoms with Crippen molar-refractivity contribution < 1.29 is 8.83 Å². The lowest BCUT2D eigenvalue weighted by Crippen LogP contribution is -1.92. The quantitative estimate of drug-likeness (QED) is 0.142. The lowest BCUT2D eigenvalue weighted by atomic mass is 9.83. The van der Waals surface area contributed by atoms with Crippen molar-refractivity contribution in [3.05, 3.63) is 170 Å². The Morgan fingerprint density at radius 1 is 0.280 bits per heavy atom. The molecule has 0 aliphatic rings. The Balaban J connectivity index is 1.18.